The fraction of sp³-hybridized carbons (Fsp3) is 0.533. The van der Waals surface area contributed by atoms with Crippen molar-refractivity contribution in [2.45, 2.75) is 44.1 Å². The van der Waals surface area contributed by atoms with Gasteiger partial charge in [-0.15, -0.1) is 0 Å². The molecule has 2 rings (SSSR count). The summed E-state index contributed by atoms with van der Waals surface area (Å²) in [5.74, 6) is 1.18. The Kier molecular flexibility index (Phi) is 6.06. The highest BCUT2D eigenvalue weighted by molar-refractivity contribution is 7.13. The first kappa shape index (κ1) is 15.5. The van der Waals surface area contributed by atoms with Gasteiger partial charge < -0.3 is 5.32 Å². The van der Waals surface area contributed by atoms with Crippen molar-refractivity contribution in [1.29, 1.82) is 0 Å². The maximum absolute atomic E-state index is 12.3. The number of carbonyl (C=O) groups excluding carboxylic acids is 1. The van der Waals surface area contributed by atoms with Gasteiger partial charge in [-0.1, -0.05) is 59.0 Å². The van der Waals surface area contributed by atoms with E-state index in [9.17, 15) is 4.79 Å². The van der Waals surface area contributed by atoms with Crippen LogP contribution in [0.3, 0.4) is 0 Å². The van der Waals surface area contributed by atoms with Crippen LogP contribution in [0, 0.1) is 5.92 Å². The van der Waals surface area contributed by atoms with Crippen LogP contribution >= 0.6 is 9.39 Å². The van der Waals surface area contributed by atoms with Crippen molar-refractivity contribution in [3.8, 4) is 0 Å². The summed E-state index contributed by atoms with van der Waals surface area (Å²) in [6.45, 7) is 0. The summed E-state index contributed by atoms with van der Waals surface area (Å²) in [6, 6.07) is 9.93. The standard InChI is InChI=1S/C15H24BN2OP/c16-14(10-12-7-4-8-12)17-15(19)13(18-20)9-11-5-2-1-3-6-11/h1-3,5-6,12-14,18H,4,7-10,16,20H2,(H,17,19)/t13-,14-/m0/s1. The zero-order valence-electron chi connectivity index (χ0n) is 12.1. The molecule has 3 nitrogen and oxygen atoms in total. The van der Waals surface area contributed by atoms with Crippen molar-refractivity contribution in [2.24, 2.45) is 5.92 Å². The van der Waals surface area contributed by atoms with E-state index in [0.717, 1.165) is 12.3 Å². The molecule has 20 heavy (non-hydrogen) atoms. The Balaban J connectivity index is 1.81. The third-order valence-corrected chi connectivity index (χ3v) is 4.50. The fourth-order valence-electron chi connectivity index (χ4n) is 2.71. The first-order valence-electron chi connectivity index (χ1n) is 7.49. The lowest BCUT2D eigenvalue weighted by Gasteiger charge is -2.29. The Bertz CT molecular complexity index is 425. The number of rotatable bonds is 7. The molecule has 1 unspecified atom stereocenters. The van der Waals surface area contributed by atoms with Crippen LogP contribution in [-0.4, -0.2) is 25.7 Å². The molecular weight excluding hydrogens is 266 g/mol. The zero-order valence-corrected chi connectivity index (χ0v) is 13.3. The minimum atomic E-state index is -0.189. The lowest BCUT2D eigenvalue weighted by molar-refractivity contribution is -0.123. The molecule has 1 amide bonds. The van der Waals surface area contributed by atoms with Gasteiger partial charge in [0.05, 0.1) is 6.04 Å². The Morgan fingerprint density at radius 3 is 2.60 bits per heavy atom. The molecule has 1 aromatic carbocycles. The second kappa shape index (κ2) is 7.80. The van der Waals surface area contributed by atoms with Gasteiger partial charge in [-0.2, -0.15) is 0 Å². The van der Waals surface area contributed by atoms with Crippen molar-refractivity contribution in [2.75, 3.05) is 0 Å². The van der Waals surface area contributed by atoms with Gasteiger partial charge in [0, 0.05) is 0 Å². The third kappa shape index (κ3) is 4.61. The summed E-state index contributed by atoms with van der Waals surface area (Å²) in [7, 11) is 4.57. The predicted octanol–water partition coefficient (Wildman–Crippen LogP) is 1.24. The number of carbonyl (C=O) groups is 1. The summed E-state index contributed by atoms with van der Waals surface area (Å²) < 4.78 is 0. The summed E-state index contributed by atoms with van der Waals surface area (Å²) >= 11 is 0. The molecule has 5 heteroatoms. The molecule has 1 fully saturated rings. The highest BCUT2D eigenvalue weighted by Gasteiger charge is 2.23. The lowest BCUT2D eigenvalue weighted by atomic mass is 9.76. The van der Waals surface area contributed by atoms with Crippen molar-refractivity contribution in [3.05, 3.63) is 35.9 Å². The minimum absolute atomic E-state index is 0.0932. The fourth-order valence-corrected chi connectivity index (χ4v) is 2.98. The minimum Gasteiger partial charge on any atom is -0.360 e. The second-order valence-electron chi connectivity index (χ2n) is 5.85. The van der Waals surface area contributed by atoms with Crippen LogP contribution in [0.25, 0.3) is 0 Å². The number of nitrogens with one attached hydrogen (secondary N) is 2. The molecule has 0 radical (unpaired) electrons. The van der Waals surface area contributed by atoms with E-state index in [1.807, 2.05) is 18.2 Å². The van der Waals surface area contributed by atoms with E-state index in [1.165, 1.54) is 24.8 Å². The lowest BCUT2D eigenvalue weighted by Crippen LogP contribution is -2.47. The highest BCUT2D eigenvalue weighted by atomic mass is 31.0. The highest BCUT2D eigenvalue weighted by Crippen LogP contribution is 2.29. The molecular formula is C15H24BN2OP. The normalized spacial score (nSPS) is 18.1. The quantitative estimate of drug-likeness (QED) is 0.586. The average Bonchev–Trinajstić information content (AvgIpc) is 2.41. The molecule has 2 N–H and O–H groups in total. The predicted molar refractivity (Wildman–Crippen MR) is 89.2 cm³/mol. The summed E-state index contributed by atoms with van der Waals surface area (Å²) in [6.07, 6.45) is 5.84. The van der Waals surface area contributed by atoms with Crippen molar-refractivity contribution < 1.29 is 4.79 Å². The van der Waals surface area contributed by atoms with Crippen molar-refractivity contribution >= 4 is 23.1 Å². The number of hydrogen-bond acceptors (Lipinski definition) is 2. The molecule has 1 aliphatic carbocycles. The van der Waals surface area contributed by atoms with Gasteiger partial charge in [0.1, 0.15) is 7.85 Å². The van der Waals surface area contributed by atoms with E-state index in [2.05, 4.69) is 39.8 Å². The van der Waals surface area contributed by atoms with E-state index in [0.29, 0.717) is 6.42 Å². The number of amides is 1. The largest absolute Gasteiger partial charge is 0.360 e. The Labute approximate surface area is 125 Å². The van der Waals surface area contributed by atoms with E-state index < -0.39 is 0 Å². The van der Waals surface area contributed by atoms with Gasteiger partial charge in [-0.05, 0) is 30.3 Å². The second-order valence-corrected chi connectivity index (χ2v) is 6.18. The molecule has 1 saturated carbocycles. The Morgan fingerprint density at radius 1 is 1.35 bits per heavy atom. The summed E-state index contributed by atoms with van der Waals surface area (Å²) in [5.41, 5.74) is 1.18. The van der Waals surface area contributed by atoms with Crippen LogP contribution in [0.5, 0.6) is 0 Å². The molecule has 0 saturated heterocycles. The van der Waals surface area contributed by atoms with Crippen LogP contribution < -0.4 is 10.4 Å². The molecule has 108 valence electrons. The summed E-state index contributed by atoms with van der Waals surface area (Å²) in [5, 5.41) is 6.18. The van der Waals surface area contributed by atoms with Gasteiger partial charge >= 0.3 is 0 Å². The average molecular weight is 290 g/mol. The molecule has 0 spiro atoms. The van der Waals surface area contributed by atoms with E-state index >= 15 is 0 Å². The maximum Gasteiger partial charge on any atom is 0.237 e. The van der Waals surface area contributed by atoms with Crippen LogP contribution in [0.1, 0.15) is 31.2 Å². The van der Waals surface area contributed by atoms with Gasteiger partial charge in [0.25, 0.3) is 0 Å². The van der Waals surface area contributed by atoms with Crippen molar-refractivity contribution in [3.63, 3.8) is 0 Å². The van der Waals surface area contributed by atoms with Crippen LogP contribution in [0.15, 0.2) is 30.3 Å². The van der Waals surface area contributed by atoms with E-state index in [4.69, 9.17) is 0 Å². The summed E-state index contributed by atoms with van der Waals surface area (Å²) in [4.78, 5) is 12.3. The molecule has 3 atom stereocenters. The SMILES string of the molecule is B[C@H](CC1CCC1)NC(=O)[C@H](Cc1ccccc1)NP. The monoisotopic (exact) mass is 290 g/mol. The van der Waals surface area contributed by atoms with Gasteiger partial charge in [0.2, 0.25) is 5.91 Å². The zero-order chi connectivity index (χ0) is 14.4. The maximum atomic E-state index is 12.3. The van der Waals surface area contributed by atoms with Crippen molar-refractivity contribution in [1.82, 2.24) is 10.4 Å². The molecule has 0 heterocycles. The van der Waals surface area contributed by atoms with Crippen LogP contribution in [0.4, 0.5) is 0 Å². The first-order chi connectivity index (χ1) is 9.69. The Morgan fingerprint density at radius 2 is 2.05 bits per heavy atom. The third-order valence-electron chi connectivity index (χ3n) is 4.10. The molecule has 0 bridgehead atoms. The smallest absolute Gasteiger partial charge is 0.237 e. The van der Waals surface area contributed by atoms with Gasteiger partial charge in [0.15, 0.2) is 0 Å². The molecule has 1 aromatic rings. The number of hydrogen-bond donors (Lipinski definition) is 2. The van der Waals surface area contributed by atoms with E-state index in [-0.39, 0.29) is 17.9 Å². The molecule has 1 aliphatic rings. The number of benzene rings is 1. The topological polar surface area (TPSA) is 41.1 Å². The molecule has 0 aromatic heterocycles. The molecule has 0 aliphatic heterocycles. The van der Waals surface area contributed by atoms with Crippen LogP contribution in [0.2, 0.25) is 0 Å². The van der Waals surface area contributed by atoms with Gasteiger partial charge in [-0.3, -0.25) is 9.88 Å². The Hall–Kier alpha value is -0.855. The van der Waals surface area contributed by atoms with Gasteiger partial charge in [-0.25, -0.2) is 0 Å². The van der Waals surface area contributed by atoms with Crippen LogP contribution in [-0.2, 0) is 11.2 Å². The van der Waals surface area contributed by atoms with E-state index in [1.54, 1.807) is 0 Å². The first-order valence-corrected chi connectivity index (χ1v) is 8.07.